The number of aryl methyl sites for hydroxylation is 2. The highest BCUT2D eigenvalue weighted by Gasteiger charge is 2.05. The van der Waals surface area contributed by atoms with Crippen molar-refractivity contribution < 1.29 is 4.79 Å². The molecule has 0 unspecified atom stereocenters. The number of amides is 1. The third-order valence-corrected chi connectivity index (χ3v) is 4.85. The maximum Gasteiger partial charge on any atom is 0.220 e. The molecule has 0 radical (unpaired) electrons. The topological polar surface area (TPSA) is 32.3 Å². The molecule has 26 heavy (non-hydrogen) atoms. The molecule has 0 aliphatic carbocycles. The van der Waals surface area contributed by atoms with E-state index in [1.165, 1.54) is 16.7 Å². The molecule has 1 N–H and O–H groups in total. The predicted molar refractivity (Wildman–Crippen MR) is 109 cm³/mol. The van der Waals surface area contributed by atoms with Crippen LogP contribution in [0.15, 0.2) is 48.5 Å². The van der Waals surface area contributed by atoms with Crippen LogP contribution < -0.4 is 5.32 Å². The predicted octanol–water partition coefficient (Wildman–Crippen LogP) is 4.34. The van der Waals surface area contributed by atoms with E-state index < -0.39 is 0 Å². The summed E-state index contributed by atoms with van der Waals surface area (Å²) in [6.45, 7) is 10.2. The van der Waals surface area contributed by atoms with Crippen molar-refractivity contribution in [2.24, 2.45) is 0 Å². The van der Waals surface area contributed by atoms with Crippen LogP contribution in [0.25, 0.3) is 0 Å². The van der Waals surface area contributed by atoms with E-state index in [1.807, 2.05) is 0 Å². The van der Waals surface area contributed by atoms with Gasteiger partial charge in [-0.15, -0.1) is 0 Å². The van der Waals surface area contributed by atoms with E-state index in [0.29, 0.717) is 13.0 Å². The van der Waals surface area contributed by atoms with Gasteiger partial charge in [-0.2, -0.15) is 0 Å². The fourth-order valence-electron chi connectivity index (χ4n) is 3.03. The Morgan fingerprint density at radius 2 is 1.54 bits per heavy atom. The Kier molecular flexibility index (Phi) is 8.36. The van der Waals surface area contributed by atoms with Crippen LogP contribution in [0.4, 0.5) is 0 Å². The van der Waals surface area contributed by atoms with E-state index >= 15 is 0 Å². The van der Waals surface area contributed by atoms with Gasteiger partial charge in [-0.25, -0.2) is 0 Å². The number of carbonyl (C=O) groups excluding carboxylic acids is 1. The second-order valence-electron chi connectivity index (χ2n) is 6.73. The van der Waals surface area contributed by atoms with Crippen molar-refractivity contribution in [3.63, 3.8) is 0 Å². The van der Waals surface area contributed by atoms with Gasteiger partial charge < -0.3 is 5.32 Å². The van der Waals surface area contributed by atoms with Crippen LogP contribution in [0.3, 0.4) is 0 Å². The smallest absolute Gasteiger partial charge is 0.220 e. The molecule has 3 nitrogen and oxygen atoms in total. The fourth-order valence-corrected chi connectivity index (χ4v) is 3.03. The van der Waals surface area contributed by atoms with Crippen molar-refractivity contribution in [2.75, 3.05) is 13.1 Å². The molecule has 0 saturated carbocycles. The summed E-state index contributed by atoms with van der Waals surface area (Å²) in [6.07, 6.45) is 2.37. The number of nitrogens with zero attached hydrogens (tertiary/aromatic N) is 1. The largest absolute Gasteiger partial charge is 0.352 e. The Balaban J connectivity index is 1.79. The monoisotopic (exact) mass is 352 g/mol. The molecule has 2 aromatic carbocycles. The summed E-state index contributed by atoms with van der Waals surface area (Å²) in [4.78, 5) is 14.5. The summed E-state index contributed by atoms with van der Waals surface area (Å²) >= 11 is 0. The molecule has 1 amide bonds. The first-order valence-corrected chi connectivity index (χ1v) is 9.79. The summed E-state index contributed by atoms with van der Waals surface area (Å²) in [5.41, 5.74) is 5.02. The Morgan fingerprint density at radius 3 is 2.19 bits per heavy atom. The number of rotatable bonds is 10. The summed E-state index contributed by atoms with van der Waals surface area (Å²) in [6, 6.07) is 17.1. The summed E-state index contributed by atoms with van der Waals surface area (Å²) in [7, 11) is 0. The van der Waals surface area contributed by atoms with Crippen molar-refractivity contribution in [1.82, 2.24) is 10.2 Å². The number of carbonyl (C=O) groups is 1. The number of nitrogens with one attached hydrogen (secondary N) is 1. The van der Waals surface area contributed by atoms with E-state index in [-0.39, 0.29) is 5.91 Å². The molecule has 0 aromatic heterocycles. The molecule has 140 valence electrons. The number of benzene rings is 2. The van der Waals surface area contributed by atoms with Crippen LogP contribution in [0.1, 0.15) is 49.4 Å². The zero-order valence-corrected chi connectivity index (χ0v) is 16.4. The van der Waals surface area contributed by atoms with Crippen molar-refractivity contribution in [2.45, 2.75) is 53.1 Å². The van der Waals surface area contributed by atoms with E-state index in [9.17, 15) is 4.79 Å². The van der Waals surface area contributed by atoms with E-state index in [0.717, 1.165) is 38.0 Å². The molecule has 0 bridgehead atoms. The Bertz CT molecular complexity index is 675. The quantitative estimate of drug-likeness (QED) is 0.690. The van der Waals surface area contributed by atoms with Crippen LogP contribution in [0.2, 0.25) is 0 Å². The lowest BCUT2D eigenvalue weighted by Crippen LogP contribution is -2.24. The molecular weight excluding hydrogens is 320 g/mol. The minimum Gasteiger partial charge on any atom is -0.352 e. The van der Waals surface area contributed by atoms with E-state index in [4.69, 9.17) is 0 Å². The van der Waals surface area contributed by atoms with Crippen molar-refractivity contribution in [1.29, 1.82) is 0 Å². The van der Waals surface area contributed by atoms with Gasteiger partial charge in [0.2, 0.25) is 5.91 Å². The van der Waals surface area contributed by atoms with Gasteiger partial charge in [0.15, 0.2) is 0 Å². The van der Waals surface area contributed by atoms with Crippen molar-refractivity contribution >= 4 is 5.91 Å². The lowest BCUT2D eigenvalue weighted by molar-refractivity contribution is -0.121. The minimum atomic E-state index is 0.110. The van der Waals surface area contributed by atoms with Gasteiger partial charge in [0.25, 0.3) is 0 Å². The second-order valence-corrected chi connectivity index (χ2v) is 6.73. The maximum atomic E-state index is 12.1. The first-order valence-electron chi connectivity index (χ1n) is 9.79. The van der Waals surface area contributed by atoms with Crippen LogP contribution in [-0.4, -0.2) is 23.9 Å². The zero-order valence-electron chi connectivity index (χ0n) is 16.4. The van der Waals surface area contributed by atoms with Gasteiger partial charge in [-0.1, -0.05) is 69.3 Å². The average Bonchev–Trinajstić information content (AvgIpc) is 2.69. The standard InChI is InChI=1S/C23H32N2O/c1-4-19-10-12-20(13-11-19)14-15-23(26)24-17-21-8-7-9-22(16-21)18-25(5-2)6-3/h7-13,16H,4-6,14-15,17-18H2,1-3H3,(H,24,26). The highest BCUT2D eigenvalue weighted by molar-refractivity contribution is 5.76. The average molecular weight is 353 g/mol. The van der Waals surface area contributed by atoms with Crippen molar-refractivity contribution in [3.8, 4) is 0 Å². The minimum absolute atomic E-state index is 0.110. The van der Waals surface area contributed by atoms with Crippen molar-refractivity contribution in [3.05, 3.63) is 70.8 Å². The van der Waals surface area contributed by atoms with Gasteiger partial charge in [0, 0.05) is 19.5 Å². The zero-order chi connectivity index (χ0) is 18.8. The molecule has 2 rings (SSSR count). The molecular formula is C23H32N2O. The summed E-state index contributed by atoms with van der Waals surface area (Å²) in [5.74, 6) is 0.110. The lowest BCUT2D eigenvalue weighted by atomic mass is 10.1. The molecule has 0 aliphatic heterocycles. The first-order chi connectivity index (χ1) is 12.6. The molecule has 0 heterocycles. The molecule has 2 aromatic rings. The second kappa shape index (κ2) is 10.8. The van der Waals surface area contributed by atoms with Gasteiger partial charge in [-0.3, -0.25) is 9.69 Å². The van der Waals surface area contributed by atoms with E-state index in [1.54, 1.807) is 0 Å². The summed E-state index contributed by atoms with van der Waals surface area (Å²) in [5, 5.41) is 3.05. The van der Waals surface area contributed by atoms with Gasteiger partial charge in [-0.05, 0) is 48.2 Å². The first kappa shape index (κ1) is 20.2. The number of hydrogen-bond acceptors (Lipinski definition) is 2. The normalized spacial score (nSPS) is 10.9. The highest BCUT2D eigenvalue weighted by atomic mass is 16.1. The van der Waals surface area contributed by atoms with Crippen LogP contribution >= 0.6 is 0 Å². The maximum absolute atomic E-state index is 12.1. The Labute approximate surface area is 158 Å². The number of hydrogen-bond donors (Lipinski definition) is 1. The third kappa shape index (κ3) is 6.64. The molecule has 0 saturated heterocycles. The lowest BCUT2D eigenvalue weighted by Gasteiger charge is -2.18. The molecule has 3 heteroatoms. The molecule has 0 fully saturated rings. The third-order valence-electron chi connectivity index (χ3n) is 4.85. The fraction of sp³-hybridized carbons (Fsp3) is 0.435. The van der Waals surface area contributed by atoms with E-state index in [2.05, 4.69) is 79.5 Å². The summed E-state index contributed by atoms with van der Waals surface area (Å²) < 4.78 is 0. The molecule has 0 spiro atoms. The van der Waals surface area contributed by atoms with Crippen LogP contribution in [-0.2, 0) is 30.7 Å². The van der Waals surface area contributed by atoms with Gasteiger partial charge >= 0.3 is 0 Å². The highest BCUT2D eigenvalue weighted by Crippen LogP contribution is 2.10. The van der Waals surface area contributed by atoms with Crippen LogP contribution in [0, 0.1) is 0 Å². The molecule has 0 aliphatic rings. The Hall–Kier alpha value is -2.13. The Morgan fingerprint density at radius 1 is 0.885 bits per heavy atom. The van der Waals surface area contributed by atoms with Gasteiger partial charge in [0.05, 0.1) is 0 Å². The SMILES string of the molecule is CCc1ccc(CCC(=O)NCc2cccc(CN(CC)CC)c2)cc1. The van der Waals surface area contributed by atoms with Gasteiger partial charge in [0.1, 0.15) is 0 Å². The molecule has 0 atom stereocenters. The van der Waals surface area contributed by atoms with Crippen LogP contribution in [0.5, 0.6) is 0 Å².